The molecule has 0 aliphatic carbocycles. The van der Waals surface area contributed by atoms with Crippen LogP contribution in [0.15, 0.2) is 41.7 Å². The molecule has 0 fully saturated rings. The van der Waals surface area contributed by atoms with Gasteiger partial charge in [0.05, 0.1) is 16.7 Å². The number of fused-ring (bicyclic) bond motifs is 1. The summed E-state index contributed by atoms with van der Waals surface area (Å²) in [6, 6.07) is 7.83. The number of aromatic nitrogens is 3. The van der Waals surface area contributed by atoms with Gasteiger partial charge in [0.15, 0.2) is 12.4 Å². The molecule has 0 N–H and O–H groups in total. The highest BCUT2D eigenvalue weighted by Gasteiger charge is 2.31. The van der Waals surface area contributed by atoms with Crippen LogP contribution in [0, 0.1) is 13.3 Å². The molecule has 2 aromatic heterocycles. The summed E-state index contributed by atoms with van der Waals surface area (Å²) >= 11 is -1.83. The zero-order chi connectivity index (χ0) is 25.6. The predicted molar refractivity (Wildman–Crippen MR) is 125 cm³/mol. The molecule has 3 aromatic rings. The van der Waals surface area contributed by atoms with Crippen LogP contribution in [0.25, 0.3) is 11.0 Å². The van der Waals surface area contributed by atoms with Gasteiger partial charge in [-0.05, 0) is 38.0 Å². The molecule has 1 radical (unpaired) electrons. The van der Waals surface area contributed by atoms with Gasteiger partial charge in [-0.1, -0.05) is 12.1 Å². The Morgan fingerprint density at radius 1 is 1.29 bits per heavy atom. The molecule has 12 heteroatoms. The SMILES string of the molecule is COCC[CH]CN(C)C(=O)n1c([S@+]([O-])Cc2nccc(OCC(F)(F)F)c2C)nc2ccccc21. The summed E-state index contributed by atoms with van der Waals surface area (Å²) in [4.78, 5) is 23.3. The van der Waals surface area contributed by atoms with Crippen molar-refractivity contribution in [1.29, 1.82) is 0 Å². The van der Waals surface area contributed by atoms with Gasteiger partial charge in [-0.25, -0.2) is 9.36 Å². The van der Waals surface area contributed by atoms with Gasteiger partial charge in [-0.15, -0.1) is 0 Å². The molecule has 2 heterocycles. The number of imidazole rings is 1. The Kier molecular flexibility index (Phi) is 8.98. The fourth-order valence-electron chi connectivity index (χ4n) is 3.29. The van der Waals surface area contributed by atoms with Crippen molar-refractivity contribution in [2.24, 2.45) is 0 Å². The third kappa shape index (κ3) is 6.86. The third-order valence-corrected chi connectivity index (χ3v) is 6.32. The lowest BCUT2D eigenvalue weighted by molar-refractivity contribution is -0.153. The zero-order valence-electron chi connectivity index (χ0n) is 19.5. The highest BCUT2D eigenvalue weighted by molar-refractivity contribution is 7.90. The molecular weight excluding hydrogens is 485 g/mol. The van der Waals surface area contributed by atoms with E-state index in [1.165, 1.54) is 21.7 Å². The van der Waals surface area contributed by atoms with E-state index in [2.05, 4.69) is 9.97 Å². The summed E-state index contributed by atoms with van der Waals surface area (Å²) in [5, 5.41) is 0.0303. The van der Waals surface area contributed by atoms with E-state index in [1.54, 1.807) is 45.3 Å². The molecule has 189 valence electrons. The molecule has 0 spiro atoms. The predicted octanol–water partition coefficient (Wildman–Crippen LogP) is 4.13. The van der Waals surface area contributed by atoms with E-state index in [1.807, 2.05) is 6.42 Å². The number of alkyl halides is 3. The topological polar surface area (TPSA) is 92.5 Å². The Labute approximate surface area is 204 Å². The maximum atomic E-state index is 13.4. The number of hydrogen-bond donors (Lipinski definition) is 0. The molecule has 1 atom stereocenters. The maximum Gasteiger partial charge on any atom is 0.422 e. The fourth-order valence-corrected chi connectivity index (χ4v) is 4.53. The van der Waals surface area contributed by atoms with Crippen LogP contribution >= 0.6 is 0 Å². The summed E-state index contributed by atoms with van der Waals surface area (Å²) in [6.07, 6.45) is -0.633. The van der Waals surface area contributed by atoms with Crippen LogP contribution in [-0.4, -0.2) is 70.1 Å². The number of carbonyl (C=O) groups excluding carboxylic acids is 1. The van der Waals surface area contributed by atoms with Gasteiger partial charge in [-0.3, -0.25) is 4.98 Å². The number of amides is 1. The molecule has 0 bridgehead atoms. The first-order valence-electron chi connectivity index (χ1n) is 10.7. The first kappa shape index (κ1) is 26.8. The van der Waals surface area contributed by atoms with E-state index < -0.39 is 30.0 Å². The average molecular weight is 512 g/mol. The zero-order valence-corrected chi connectivity index (χ0v) is 20.4. The lowest BCUT2D eigenvalue weighted by atomic mass is 10.2. The molecule has 8 nitrogen and oxygen atoms in total. The monoisotopic (exact) mass is 511 g/mol. The van der Waals surface area contributed by atoms with E-state index in [4.69, 9.17) is 9.47 Å². The number of halogens is 3. The Morgan fingerprint density at radius 2 is 2.03 bits per heavy atom. The number of carbonyl (C=O) groups is 1. The van der Waals surface area contributed by atoms with Crippen LogP contribution in [-0.2, 0) is 21.7 Å². The van der Waals surface area contributed by atoms with Crippen molar-refractivity contribution < 1.29 is 32.0 Å². The first-order valence-corrected chi connectivity index (χ1v) is 12.0. The molecule has 1 amide bonds. The lowest BCUT2D eigenvalue weighted by Crippen LogP contribution is -2.34. The van der Waals surface area contributed by atoms with E-state index in [0.717, 1.165) is 0 Å². The molecule has 35 heavy (non-hydrogen) atoms. The van der Waals surface area contributed by atoms with Crippen LogP contribution < -0.4 is 4.74 Å². The Hall–Kier alpha value is -2.83. The van der Waals surface area contributed by atoms with Crippen LogP contribution in [0.1, 0.15) is 17.7 Å². The summed E-state index contributed by atoms with van der Waals surface area (Å²) in [5.41, 5.74) is 1.61. The quantitative estimate of drug-likeness (QED) is 0.300. The molecule has 1 aromatic carbocycles. The number of methoxy groups -OCH3 is 1. The molecule has 0 saturated carbocycles. The van der Waals surface area contributed by atoms with E-state index in [-0.39, 0.29) is 22.4 Å². The van der Waals surface area contributed by atoms with Gasteiger partial charge >= 0.3 is 17.4 Å². The number of rotatable bonds is 10. The summed E-state index contributed by atoms with van der Waals surface area (Å²) < 4.78 is 62.3. The third-order valence-electron chi connectivity index (χ3n) is 5.10. The number of hydrogen-bond acceptors (Lipinski definition) is 6. The van der Waals surface area contributed by atoms with E-state index >= 15 is 0 Å². The highest BCUT2D eigenvalue weighted by Crippen LogP contribution is 2.27. The molecule has 0 unspecified atom stereocenters. The summed E-state index contributed by atoms with van der Waals surface area (Å²) in [7, 11) is 3.22. The van der Waals surface area contributed by atoms with Gasteiger partial charge in [0.1, 0.15) is 5.75 Å². The number of para-hydroxylation sites is 2. The Bertz CT molecular complexity index is 1160. The van der Waals surface area contributed by atoms with E-state index in [9.17, 15) is 22.5 Å². The van der Waals surface area contributed by atoms with Crippen molar-refractivity contribution in [3.8, 4) is 5.75 Å². The van der Waals surface area contributed by atoms with Gasteiger partial charge in [-0.2, -0.15) is 18.2 Å². The van der Waals surface area contributed by atoms with Crippen molar-refractivity contribution in [3.05, 3.63) is 54.2 Å². The fraction of sp³-hybridized carbons (Fsp3) is 0.391. The normalized spacial score (nSPS) is 12.7. The second kappa shape index (κ2) is 11.7. The first-order chi connectivity index (χ1) is 16.6. The Balaban J connectivity index is 1.86. The van der Waals surface area contributed by atoms with Crippen molar-refractivity contribution >= 4 is 28.2 Å². The molecule has 3 rings (SSSR count). The Morgan fingerprint density at radius 3 is 2.74 bits per heavy atom. The van der Waals surface area contributed by atoms with Crippen molar-refractivity contribution in [3.63, 3.8) is 0 Å². The van der Waals surface area contributed by atoms with Crippen LogP contribution in [0.3, 0.4) is 0 Å². The minimum atomic E-state index is -4.49. The minimum Gasteiger partial charge on any atom is -0.609 e. The number of ether oxygens (including phenoxy) is 2. The summed E-state index contributed by atoms with van der Waals surface area (Å²) in [6.45, 7) is 0.977. The smallest absolute Gasteiger partial charge is 0.422 e. The second-order valence-electron chi connectivity index (χ2n) is 7.73. The van der Waals surface area contributed by atoms with Crippen LogP contribution in [0.5, 0.6) is 5.75 Å². The second-order valence-corrected chi connectivity index (χ2v) is 9.07. The highest BCUT2D eigenvalue weighted by atomic mass is 32.2. The van der Waals surface area contributed by atoms with Gasteiger partial charge in [0.25, 0.3) is 0 Å². The van der Waals surface area contributed by atoms with Crippen LogP contribution in [0.4, 0.5) is 18.0 Å². The molecule has 0 saturated heterocycles. The van der Waals surface area contributed by atoms with Gasteiger partial charge in [0.2, 0.25) is 0 Å². The summed E-state index contributed by atoms with van der Waals surface area (Å²) in [5.74, 6) is -0.157. The molecular formula is C23H26F3N4O4S. The van der Waals surface area contributed by atoms with Gasteiger partial charge < -0.3 is 18.9 Å². The standard InChI is InChI=1S/C23H26F3N4O4S/c1-16-18(27-11-10-20(16)34-15-23(24,25)26)14-35(32)21-28-17-8-4-5-9-19(17)30(21)22(31)29(2)12-6-7-13-33-3/h4-6,8-11H,7,12-15H2,1-3H3/t35-/m1/s1. The number of unbranched alkanes of at least 4 members (excludes halogenated alkanes) is 1. The number of pyridine rings is 1. The van der Waals surface area contributed by atoms with Crippen molar-refractivity contribution in [2.45, 2.75) is 30.4 Å². The molecule has 0 aliphatic heterocycles. The van der Waals surface area contributed by atoms with Crippen LogP contribution in [0.2, 0.25) is 0 Å². The lowest BCUT2D eigenvalue weighted by Gasteiger charge is -2.19. The average Bonchev–Trinajstić information content (AvgIpc) is 3.21. The molecule has 0 aliphatic rings. The number of nitrogens with zero attached hydrogens (tertiary/aromatic N) is 4. The van der Waals surface area contributed by atoms with Crippen molar-refractivity contribution in [2.75, 3.05) is 33.9 Å². The van der Waals surface area contributed by atoms with Crippen molar-refractivity contribution in [1.82, 2.24) is 19.4 Å². The minimum absolute atomic E-state index is 0.000216. The van der Waals surface area contributed by atoms with Gasteiger partial charge in [0, 0.05) is 50.2 Å². The largest absolute Gasteiger partial charge is 0.609 e. The van der Waals surface area contributed by atoms with E-state index in [0.29, 0.717) is 36.2 Å². The number of benzene rings is 1. The maximum absolute atomic E-state index is 13.4.